The first-order valence-electron chi connectivity index (χ1n) is 5.76. The summed E-state index contributed by atoms with van der Waals surface area (Å²) in [6.45, 7) is 6.70. The Morgan fingerprint density at radius 3 is 2.05 bits per heavy atom. The number of esters is 1. The lowest BCUT2D eigenvalue weighted by molar-refractivity contribution is -0.873. The Morgan fingerprint density at radius 1 is 1.20 bits per heavy atom. The van der Waals surface area contributed by atoms with Crippen LogP contribution in [0.3, 0.4) is 0 Å². The molecule has 7 nitrogen and oxygen atoms in total. The summed E-state index contributed by atoms with van der Waals surface area (Å²) in [6.07, 6.45) is -1.42. The maximum atomic E-state index is 11.7. The molecule has 0 aliphatic heterocycles. The quantitative estimate of drug-likeness (QED) is 0.264. The van der Waals surface area contributed by atoms with E-state index in [1.807, 2.05) is 0 Å². The summed E-state index contributed by atoms with van der Waals surface area (Å²) in [5, 5.41) is 19.3. The van der Waals surface area contributed by atoms with Crippen molar-refractivity contribution in [1.82, 2.24) is 0 Å². The van der Waals surface area contributed by atoms with Crippen LogP contribution < -0.4 is 5.11 Å². The predicted molar refractivity (Wildman–Crippen MR) is 68.3 cm³/mol. The van der Waals surface area contributed by atoms with Crippen LogP contribution in [-0.4, -0.2) is 61.3 Å². The molecule has 0 saturated heterocycles. The van der Waals surface area contributed by atoms with Gasteiger partial charge in [0, 0.05) is 12.4 Å². The van der Waals surface area contributed by atoms with Crippen molar-refractivity contribution < 1.29 is 33.8 Å². The summed E-state index contributed by atoms with van der Waals surface area (Å²) >= 11 is 0. The van der Waals surface area contributed by atoms with Crippen molar-refractivity contribution in [3.63, 3.8) is 0 Å². The molecule has 0 rings (SSSR count). The first kappa shape index (κ1) is 17.8. The Hall–Kier alpha value is -2.15. The summed E-state index contributed by atoms with van der Waals surface area (Å²) in [4.78, 5) is 33.0. The second-order valence-electron chi connectivity index (χ2n) is 5.34. The number of carbonyl (C=O) groups is 3. The van der Waals surface area contributed by atoms with E-state index in [9.17, 15) is 19.5 Å². The molecule has 0 bridgehead atoms. The highest BCUT2D eigenvalue weighted by atomic mass is 16.5. The largest absolute Gasteiger partial charge is 0.550 e. The Balaban J connectivity index is 4.85. The van der Waals surface area contributed by atoms with E-state index in [4.69, 9.17) is 9.84 Å². The van der Waals surface area contributed by atoms with E-state index in [-0.39, 0.29) is 6.54 Å². The van der Waals surface area contributed by atoms with Crippen LogP contribution in [0.25, 0.3) is 0 Å². The predicted octanol–water partition coefficient (Wildman–Crippen LogP) is -1.06. The fraction of sp³-hybridized carbons (Fsp3) is 0.462. The molecule has 0 radical (unpaired) electrons. The number of carboxylic acids is 2. The maximum absolute atomic E-state index is 11.7. The lowest BCUT2D eigenvalue weighted by Gasteiger charge is -2.29. The highest BCUT2D eigenvalue weighted by Gasteiger charge is 2.25. The number of ether oxygens (including phenoxy) is 1. The van der Waals surface area contributed by atoms with Crippen molar-refractivity contribution in [2.75, 3.05) is 27.7 Å². The average molecular weight is 285 g/mol. The van der Waals surface area contributed by atoms with Gasteiger partial charge in [-0.05, 0) is 0 Å². The van der Waals surface area contributed by atoms with Crippen molar-refractivity contribution in [1.29, 1.82) is 0 Å². The zero-order valence-electron chi connectivity index (χ0n) is 11.8. The van der Waals surface area contributed by atoms with E-state index in [0.717, 1.165) is 0 Å². The maximum Gasteiger partial charge on any atom is 0.338 e. The minimum atomic E-state index is -1.39. The zero-order valence-corrected chi connectivity index (χ0v) is 11.8. The summed E-state index contributed by atoms with van der Waals surface area (Å²) < 4.78 is 5.33. The zero-order chi connectivity index (χ0) is 16.1. The highest BCUT2D eigenvalue weighted by Crippen LogP contribution is 2.12. The normalized spacial score (nSPS) is 12.3. The highest BCUT2D eigenvalue weighted by molar-refractivity contribution is 6.05. The average Bonchev–Trinajstić information content (AvgIpc) is 2.23. The molecule has 20 heavy (non-hydrogen) atoms. The van der Waals surface area contributed by atoms with Crippen LogP contribution in [0.1, 0.15) is 6.42 Å². The van der Waals surface area contributed by atoms with Gasteiger partial charge in [0.15, 0.2) is 6.10 Å². The number of quaternary nitrogens is 1. The van der Waals surface area contributed by atoms with Gasteiger partial charge in [0.2, 0.25) is 0 Å². The molecule has 0 aliphatic carbocycles. The van der Waals surface area contributed by atoms with Gasteiger partial charge < -0.3 is 24.2 Å². The topological polar surface area (TPSA) is 104 Å². The number of carbonyl (C=O) groups excluding carboxylic acids is 2. The van der Waals surface area contributed by atoms with Crippen molar-refractivity contribution in [3.05, 3.63) is 24.3 Å². The molecule has 0 saturated carbocycles. The van der Waals surface area contributed by atoms with E-state index in [0.29, 0.717) is 4.48 Å². The fourth-order valence-corrected chi connectivity index (χ4v) is 1.42. The molecule has 0 aromatic heterocycles. The number of carboxylic acid groups (broad SMARTS) is 2. The number of likely N-dealkylation sites (N-methyl/N-ethyl adjacent to an activating group) is 1. The van der Waals surface area contributed by atoms with Crippen LogP contribution in [-0.2, 0) is 19.1 Å². The van der Waals surface area contributed by atoms with Gasteiger partial charge in [0.1, 0.15) is 6.54 Å². The van der Waals surface area contributed by atoms with E-state index >= 15 is 0 Å². The van der Waals surface area contributed by atoms with Crippen molar-refractivity contribution in [2.45, 2.75) is 12.5 Å². The number of aliphatic carboxylic acids is 2. The second kappa shape index (κ2) is 6.85. The molecule has 112 valence electrons. The van der Waals surface area contributed by atoms with Crippen LogP contribution in [0.2, 0.25) is 0 Å². The Kier molecular flexibility index (Phi) is 6.12. The van der Waals surface area contributed by atoms with E-state index in [2.05, 4.69) is 13.2 Å². The molecule has 1 N–H and O–H groups in total. The lowest BCUT2D eigenvalue weighted by Crippen LogP contribution is -2.45. The summed E-state index contributed by atoms with van der Waals surface area (Å²) in [5.74, 6) is -3.76. The molecule has 0 spiro atoms. The van der Waals surface area contributed by atoms with Crippen LogP contribution in [0.5, 0.6) is 0 Å². The first-order valence-corrected chi connectivity index (χ1v) is 5.76. The monoisotopic (exact) mass is 285 g/mol. The molecule has 1 unspecified atom stereocenters. The van der Waals surface area contributed by atoms with Crippen LogP contribution in [0, 0.1) is 0 Å². The molecule has 0 fully saturated rings. The van der Waals surface area contributed by atoms with Crippen LogP contribution >= 0.6 is 0 Å². The van der Waals surface area contributed by atoms with Gasteiger partial charge in [-0.1, -0.05) is 13.2 Å². The number of nitrogens with zero attached hydrogens (tertiary/aromatic N) is 1. The third-order valence-corrected chi connectivity index (χ3v) is 2.29. The van der Waals surface area contributed by atoms with E-state index in [1.165, 1.54) is 0 Å². The second-order valence-corrected chi connectivity index (χ2v) is 5.34. The van der Waals surface area contributed by atoms with Crippen molar-refractivity contribution in [3.8, 4) is 0 Å². The van der Waals surface area contributed by atoms with E-state index < -0.39 is 41.6 Å². The van der Waals surface area contributed by atoms with Crippen LogP contribution in [0.4, 0.5) is 0 Å². The smallest absolute Gasteiger partial charge is 0.338 e. The van der Waals surface area contributed by atoms with Gasteiger partial charge in [0.25, 0.3) is 0 Å². The van der Waals surface area contributed by atoms with Crippen molar-refractivity contribution >= 4 is 17.9 Å². The van der Waals surface area contributed by atoms with Gasteiger partial charge in [-0.3, -0.25) is 0 Å². The van der Waals surface area contributed by atoms with E-state index in [1.54, 1.807) is 21.1 Å². The molecule has 0 amide bonds. The first-order chi connectivity index (χ1) is 8.94. The fourth-order valence-electron chi connectivity index (χ4n) is 1.42. The molecule has 0 aliphatic rings. The van der Waals surface area contributed by atoms with Gasteiger partial charge in [0.05, 0.1) is 32.3 Å². The molecule has 0 aromatic carbocycles. The minimum Gasteiger partial charge on any atom is -0.550 e. The van der Waals surface area contributed by atoms with Gasteiger partial charge in [-0.15, -0.1) is 0 Å². The third-order valence-electron chi connectivity index (χ3n) is 2.29. The summed E-state index contributed by atoms with van der Waals surface area (Å²) in [6, 6.07) is 0. The number of rotatable bonds is 8. The molecule has 1 atom stereocenters. The van der Waals surface area contributed by atoms with Crippen LogP contribution in [0.15, 0.2) is 24.3 Å². The van der Waals surface area contributed by atoms with Gasteiger partial charge >= 0.3 is 11.9 Å². The molecule has 0 aromatic rings. The summed E-state index contributed by atoms with van der Waals surface area (Å²) in [5.41, 5.74) is -0.908. The number of hydrogen-bond donors (Lipinski definition) is 1. The SMILES string of the molecule is C=C(C(=C)C(=O)OC(CC(=O)[O-])C[N+](C)(C)C)C(=O)O. The molecule has 7 heteroatoms. The van der Waals surface area contributed by atoms with Crippen molar-refractivity contribution in [2.24, 2.45) is 0 Å². The molecular weight excluding hydrogens is 266 g/mol. The molecule has 0 heterocycles. The standard InChI is InChI=1S/C13H19NO6/c1-8(12(17)18)9(2)13(19)20-10(6-11(15)16)7-14(3,4)5/h10H,1-2,6-7H2,3-5H3,(H-,15,16,17,18). The van der Waals surface area contributed by atoms with Gasteiger partial charge in [-0.25, -0.2) is 9.59 Å². The minimum absolute atomic E-state index is 0.229. The van der Waals surface area contributed by atoms with Gasteiger partial charge in [-0.2, -0.15) is 0 Å². The lowest BCUT2D eigenvalue weighted by atomic mass is 10.1. The third kappa shape index (κ3) is 6.69. The Bertz CT molecular complexity index is 446. The Labute approximate surface area is 117 Å². The molecular formula is C13H19NO6. The number of hydrogen-bond acceptors (Lipinski definition) is 5. The summed E-state index contributed by atoms with van der Waals surface area (Å²) in [7, 11) is 5.38. The Morgan fingerprint density at radius 2 is 1.70 bits per heavy atom.